The van der Waals surface area contributed by atoms with E-state index in [2.05, 4.69) is 9.97 Å². The minimum Gasteiger partial charge on any atom is -0.491 e. The molecule has 1 unspecified atom stereocenters. The van der Waals surface area contributed by atoms with Gasteiger partial charge in [0.15, 0.2) is 0 Å². The van der Waals surface area contributed by atoms with Crippen LogP contribution in [0.4, 0.5) is 13.2 Å². The normalized spacial score (nSPS) is 15.5. The molecule has 6 rings (SSSR count). The van der Waals surface area contributed by atoms with Crippen LogP contribution in [0.15, 0.2) is 40.5 Å². The maximum Gasteiger partial charge on any atom is 0.416 e. The SMILES string of the molecule is Cc1cc(-c2cc(Cl)ccc2OCCn2c(C)nc3cc(C(F)(F)F)c(CC4CCN(C)CC4=O)c(C#N)c3c2=O)c2scc(C(=O)O)c2n1. The molecule has 0 radical (unpaired) electrons. The Morgan fingerprint density at radius 2 is 1.94 bits per heavy atom. The van der Waals surface area contributed by atoms with E-state index in [0.717, 1.165) is 6.07 Å². The number of Topliss-reactive ketones (excluding diaryl/α,β-unsaturated/α-hetero) is 1. The van der Waals surface area contributed by atoms with E-state index in [1.54, 1.807) is 43.1 Å². The van der Waals surface area contributed by atoms with Crippen molar-refractivity contribution in [2.45, 2.75) is 39.4 Å². The molecule has 4 heterocycles. The van der Waals surface area contributed by atoms with E-state index in [1.165, 1.54) is 28.2 Å². The minimum atomic E-state index is -4.85. The number of aryl methyl sites for hydroxylation is 2. The van der Waals surface area contributed by atoms with Crippen LogP contribution < -0.4 is 10.3 Å². The third kappa shape index (κ3) is 6.56. The summed E-state index contributed by atoms with van der Waals surface area (Å²) in [6, 6.07) is 9.35. The Labute approximate surface area is 292 Å². The molecule has 0 amide bonds. The van der Waals surface area contributed by atoms with Crippen LogP contribution in [0.25, 0.3) is 32.2 Å². The molecule has 1 fully saturated rings. The molecule has 1 aliphatic heterocycles. The molecule has 0 saturated carbocycles. The third-order valence-corrected chi connectivity index (χ3v) is 10.1. The first kappa shape index (κ1) is 35.0. The smallest absolute Gasteiger partial charge is 0.416 e. The predicted molar refractivity (Wildman–Crippen MR) is 182 cm³/mol. The topological polar surface area (TPSA) is 138 Å². The van der Waals surface area contributed by atoms with Crippen molar-refractivity contribution in [3.63, 3.8) is 0 Å². The summed E-state index contributed by atoms with van der Waals surface area (Å²) >= 11 is 7.58. The number of carboxylic acid groups (broad SMARTS) is 1. The van der Waals surface area contributed by atoms with Crippen molar-refractivity contribution in [3.8, 4) is 22.9 Å². The summed E-state index contributed by atoms with van der Waals surface area (Å²) < 4.78 is 51.1. The van der Waals surface area contributed by atoms with E-state index >= 15 is 0 Å². The third-order valence-electron chi connectivity index (χ3n) is 8.84. The molecule has 15 heteroatoms. The van der Waals surface area contributed by atoms with Crippen LogP contribution in [0, 0.1) is 31.1 Å². The number of halogens is 4. The fraction of sp³-hybridized carbons (Fsp3) is 0.314. The number of nitrogens with zero attached hydrogens (tertiary/aromatic N) is 5. The molecule has 1 aliphatic rings. The number of hydrogen-bond acceptors (Lipinski definition) is 9. The van der Waals surface area contributed by atoms with Crippen LogP contribution in [0.2, 0.25) is 5.02 Å². The summed E-state index contributed by atoms with van der Waals surface area (Å²) in [5, 5.41) is 21.5. The second-order valence-electron chi connectivity index (χ2n) is 12.2. The van der Waals surface area contributed by atoms with E-state index in [9.17, 15) is 37.9 Å². The number of carbonyl (C=O) groups is 2. The van der Waals surface area contributed by atoms with Crippen LogP contribution in [0.5, 0.6) is 5.75 Å². The Hall–Kier alpha value is -4.84. The van der Waals surface area contributed by atoms with Gasteiger partial charge in [-0.05, 0) is 76.2 Å². The second kappa shape index (κ2) is 13.5. The van der Waals surface area contributed by atoms with Gasteiger partial charge < -0.3 is 9.84 Å². The average Bonchev–Trinajstić information content (AvgIpc) is 3.47. The maximum absolute atomic E-state index is 14.4. The number of carbonyl (C=O) groups excluding carboxylic acids is 1. The van der Waals surface area contributed by atoms with E-state index in [-0.39, 0.29) is 59.8 Å². The van der Waals surface area contributed by atoms with Crippen LogP contribution in [-0.2, 0) is 23.9 Å². The second-order valence-corrected chi connectivity index (χ2v) is 13.5. The lowest BCUT2D eigenvalue weighted by atomic mass is 9.84. The predicted octanol–water partition coefficient (Wildman–Crippen LogP) is 6.67. The average molecular weight is 724 g/mol. The number of aromatic nitrogens is 3. The summed E-state index contributed by atoms with van der Waals surface area (Å²) in [5.41, 5.74) is -0.700. The first-order chi connectivity index (χ1) is 23.7. The monoisotopic (exact) mass is 723 g/mol. The van der Waals surface area contributed by atoms with E-state index in [0.29, 0.717) is 50.8 Å². The molecule has 0 bridgehead atoms. The highest BCUT2D eigenvalue weighted by molar-refractivity contribution is 7.18. The van der Waals surface area contributed by atoms with E-state index in [4.69, 9.17) is 16.3 Å². The summed E-state index contributed by atoms with van der Waals surface area (Å²) in [7, 11) is 1.75. The van der Waals surface area contributed by atoms with Gasteiger partial charge in [0.05, 0.1) is 50.9 Å². The first-order valence-electron chi connectivity index (χ1n) is 15.5. The van der Waals surface area contributed by atoms with Gasteiger partial charge in [0.2, 0.25) is 0 Å². The Bertz CT molecular complexity index is 2310. The molecule has 3 aromatic heterocycles. The summed E-state index contributed by atoms with van der Waals surface area (Å²) in [6.07, 6.45) is -4.85. The van der Waals surface area contributed by atoms with Crippen LogP contribution in [0.3, 0.4) is 0 Å². The number of fused-ring (bicyclic) bond motifs is 2. The summed E-state index contributed by atoms with van der Waals surface area (Å²) in [5.74, 6) is -1.57. The van der Waals surface area contributed by atoms with Gasteiger partial charge in [0, 0.05) is 33.1 Å². The first-order valence-corrected chi connectivity index (χ1v) is 16.7. The van der Waals surface area contributed by atoms with Crippen molar-refractivity contribution in [3.05, 3.63) is 84.9 Å². The molecule has 1 atom stereocenters. The van der Waals surface area contributed by atoms with Crippen LogP contribution in [-0.4, -0.2) is 63.0 Å². The molecule has 1 saturated heterocycles. The van der Waals surface area contributed by atoms with Gasteiger partial charge in [0.25, 0.3) is 5.56 Å². The molecule has 5 aromatic rings. The number of ether oxygens (including phenoxy) is 1. The Kier molecular flexibility index (Phi) is 9.43. The fourth-order valence-corrected chi connectivity index (χ4v) is 7.61. The van der Waals surface area contributed by atoms with Crippen molar-refractivity contribution in [1.29, 1.82) is 5.26 Å². The number of rotatable bonds is 8. The number of ketones is 1. The van der Waals surface area contributed by atoms with Crippen molar-refractivity contribution >= 4 is 55.8 Å². The molecule has 0 spiro atoms. The molecule has 258 valence electrons. The van der Waals surface area contributed by atoms with Gasteiger partial charge >= 0.3 is 12.1 Å². The highest BCUT2D eigenvalue weighted by Crippen LogP contribution is 2.41. The number of nitriles is 1. The molecule has 2 aromatic carbocycles. The van der Waals surface area contributed by atoms with Gasteiger partial charge in [-0.15, -0.1) is 11.3 Å². The van der Waals surface area contributed by atoms with Gasteiger partial charge in [-0.2, -0.15) is 18.4 Å². The Morgan fingerprint density at radius 3 is 2.62 bits per heavy atom. The van der Waals surface area contributed by atoms with Gasteiger partial charge in [-0.1, -0.05) is 11.6 Å². The Balaban J connectivity index is 1.37. The lowest BCUT2D eigenvalue weighted by molar-refractivity contribution is -0.138. The highest BCUT2D eigenvalue weighted by Gasteiger charge is 2.38. The van der Waals surface area contributed by atoms with Crippen molar-refractivity contribution in [1.82, 2.24) is 19.4 Å². The van der Waals surface area contributed by atoms with Gasteiger partial charge in [-0.25, -0.2) is 9.78 Å². The van der Waals surface area contributed by atoms with Crippen molar-refractivity contribution in [2.24, 2.45) is 5.92 Å². The summed E-state index contributed by atoms with van der Waals surface area (Å²) in [4.78, 5) is 49.0. The quantitative estimate of drug-likeness (QED) is 0.186. The van der Waals surface area contributed by atoms with Crippen LogP contribution in [0.1, 0.15) is 45.0 Å². The molecular formula is C35H29ClF3N5O5S. The number of carboxylic acids is 1. The molecule has 0 aliphatic carbocycles. The number of thiophene rings is 1. The number of likely N-dealkylation sites (N-methyl/N-ethyl adjacent to an activating group) is 1. The van der Waals surface area contributed by atoms with Crippen LogP contribution >= 0.6 is 22.9 Å². The fourth-order valence-electron chi connectivity index (χ4n) is 6.43. The molecule has 1 N–H and O–H groups in total. The molecular weight excluding hydrogens is 695 g/mol. The number of alkyl halides is 3. The standard InChI is InChI=1S/C35H29ClF3N5O5S/c1-17-10-23(32-31(41-17)25(16-50-32)34(47)48)22-12-20(36)4-5-29(22)49-9-8-44-18(2)42-27-13-26(35(37,38)39)21(24(14-40)30(27)33(44)46)11-19-6-7-43(3)15-28(19)45/h4-5,10,12-13,16,19H,6-9,11,15H2,1-3H3,(H,47,48). The number of benzene rings is 2. The number of piperidine rings is 1. The zero-order chi connectivity index (χ0) is 36.1. The maximum atomic E-state index is 14.4. The zero-order valence-corrected chi connectivity index (χ0v) is 28.6. The zero-order valence-electron chi connectivity index (χ0n) is 27.0. The van der Waals surface area contributed by atoms with Crippen molar-refractivity contribution in [2.75, 3.05) is 26.7 Å². The summed E-state index contributed by atoms with van der Waals surface area (Å²) in [6.45, 7) is 3.66. The molecule has 50 heavy (non-hydrogen) atoms. The highest BCUT2D eigenvalue weighted by atomic mass is 35.5. The van der Waals surface area contributed by atoms with Gasteiger partial charge in [0.1, 0.15) is 30.0 Å². The molecule has 10 nitrogen and oxygen atoms in total. The number of aromatic carboxylic acids is 1. The lowest BCUT2D eigenvalue weighted by Crippen LogP contribution is -2.39. The number of hydrogen-bond donors (Lipinski definition) is 1. The minimum absolute atomic E-state index is 0.0679. The largest absolute Gasteiger partial charge is 0.491 e. The number of pyridine rings is 1. The van der Waals surface area contributed by atoms with E-state index in [1.807, 2.05) is 6.07 Å². The number of likely N-dealkylation sites (tertiary alicyclic amines) is 1. The Morgan fingerprint density at radius 1 is 1.18 bits per heavy atom. The lowest BCUT2D eigenvalue weighted by Gasteiger charge is -2.28. The van der Waals surface area contributed by atoms with E-state index < -0.39 is 34.7 Å². The van der Waals surface area contributed by atoms with Crippen molar-refractivity contribution < 1.29 is 32.6 Å². The van der Waals surface area contributed by atoms with Gasteiger partial charge in [-0.3, -0.25) is 24.0 Å².